The summed E-state index contributed by atoms with van der Waals surface area (Å²) in [6.45, 7) is 0. The second-order valence-electron chi connectivity index (χ2n) is 3.37. The van der Waals surface area contributed by atoms with Crippen molar-refractivity contribution in [2.45, 2.75) is 0 Å². The van der Waals surface area contributed by atoms with E-state index in [1.165, 1.54) is 18.2 Å². The molecule has 0 atom stereocenters. The topological polar surface area (TPSA) is 74.7 Å². The molecule has 0 amide bonds. The number of hydrogen-bond donors (Lipinski definition) is 2. The molecule has 2 rings (SSSR count). The molecule has 0 aliphatic heterocycles. The molecule has 0 spiro atoms. The number of anilines is 3. The highest BCUT2D eigenvalue weighted by atomic mass is 19.1. The number of hydrogen-bond acceptors (Lipinski definition) is 4. The van der Waals surface area contributed by atoms with E-state index in [0.717, 1.165) is 0 Å². The number of halogens is 1. The minimum atomic E-state index is -0.544. The third kappa shape index (κ3) is 2.32. The van der Waals surface area contributed by atoms with Gasteiger partial charge in [0.1, 0.15) is 17.7 Å². The lowest BCUT2D eigenvalue weighted by Gasteiger charge is -2.08. The van der Waals surface area contributed by atoms with Crippen LogP contribution >= 0.6 is 0 Å². The van der Waals surface area contributed by atoms with E-state index >= 15 is 0 Å². The minimum absolute atomic E-state index is 0.0162. The van der Waals surface area contributed by atoms with Crippen LogP contribution in [0.3, 0.4) is 0 Å². The summed E-state index contributed by atoms with van der Waals surface area (Å²) in [5, 5.41) is 11.7. The fraction of sp³-hybridized carbons (Fsp3) is 0. The molecule has 1 aromatic carbocycles. The van der Waals surface area contributed by atoms with E-state index in [2.05, 4.69) is 10.3 Å². The van der Waals surface area contributed by atoms with E-state index in [4.69, 9.17) is 11.0 Å². The van der Waals surface area contributed by atoms with Crippen LogP contribution in [0, 0.1) is 17.1 Å². The number of nitrogens with two attached hydrogens (primary N) is 1. The van der Waals surface area contributed by atoms with Crippen molar-refractivity contribution < 1.29 is 4.39 Å². The van der Waals surface area contributed by atoms with Crippen LogP contribution in [0.25, 0.3) is 0 Å². The van der Waals surface area contributed by atoms with Crippen molar-refractivity contribution in [1.29, 1.82) is 5.26 Å². The van der Waals surface area contributed by atoms with Gasteiger partial charge in [0.05, 0.1) is 11.3 Å². The van der Waals surface area contributed by atoms with Crippen LogP contribution in [-0.2, 0) is 0 Å². The summed E-state index contributed by atoms with van der Waals surface area (Å²) in [5.74, 6) is -0.201. The summed E-state index contributed by atoms with van der Waals surface area (Å²) in [4.78, 5) is 3.91. The smallest absolute Gasteiger partial charge is 0.147 e. The Morgan fingerprint density at radius 1 is 1.35 bits per heavy atom. The Morgan fingerprint density at radius 2 is 2.18 bits per heavy atom. The fourth-order valence-corrected chi connectivity index (χ4v) is 1.37. The van der Waals surface area contributed by atoms with Crippen LogP contribution in [0.2, 0.25) is 0 Å². The summed E-state index contributed by atoms with van der Waals surface area (Å²) in [6.07, 6.45) is 1.58. The molecule has 84 valence electrons. The Bertz CT molecular complexity index is 589. The van der Waals surface area contributed by atoms with E-state index in [0.29, 0.717) is 17.2 Å². The Labute approximate surface area is 97.5 Å². The van der Waals surface area contributed by atoms with Crippen molar-refractivity contribution in [1.82, 2.24) is 4.98 Å². The highest BCUT2D eigenvalue weighted by molar-refractivity contribution is 5.69. The Balaban J connectivity index is 2.32. The Kier molecular flexibility index (Phi) is 2.88. The lowest BCUT2D eigenvalue weighted by Crippen LogP contribution is -1.98. The molecule has 0 aliphatic rings. The number of aromatic nitrogens is 1. The second-order valence-corrected chi connectivity index (χ2v) is 3.37. The maximum absolute atomic E-state index is 13.1. The van der Waals surface area contributed by atoms with Crippen molar-refractivity contribution in [2.24, 2.45) is 0 Å². The van der Waals surface area contributed by atoms with Crippen molar-refractivity contribution in [3.63, 3.8) is 0 Å². The molecule has 0 bridgehead atoms. The third-order valence-electron chi connectivity index (χ3n) is 2.20. The van der Waals surface area contributed by atoms with Crippen molar-refractivity contribution in [3.05, 3.63) is 47.9 Å². The van der Waals surface area contributed by atoms with E-state index in [-0.39, 0.29) is 5.56 Å². The van der Waals surface area contributed by atoms with Gasteiger partial charge in [-0.1, -0.05) is 0 Å². The Morgan fingerprint density at radius 3 is 2.88 bits per heavy atom. The van der Waals surface area contributed by atoms with Crippen LogP contribution in [0.15, 0.2) is 36.5 Å². The summed E-state index contributed by atoms with van der Waals surface area (Å²) in [7, 11) is 0. The van der Waals surface area contributed by atoms with Gasteiger partial charge in [-0.15, -0.1) is 0 Å². The third-order valence-corrected chi connectivity index (χ3v) is 2.20. The predicted molar refractivity (Wildman–Crippen MR) is 63.0 cm³/mol. The van der Waals surface area contributed by atoms with Crippen LogP contribution in [-0.4, -0.2) is 4.98 Å². The van der Waals surface area contributed by atoms with Gasteiger partial charge in [-0.3, -0.25) is 0 Å². The first kappa shape index (κ1) is 10.9. The molecule has 0 saturated carbocycles. The molecule has 0 aliphatic carbocycles. The molecular weight excluding hydrogens is 219 g/mol. The zero-order chi connectivity index (χ0) is 12.3. The fourth-order valence-electron chi connectivity index (χ4n) is 1.37. The standard InChI is InChI=1S/C12H9FN4/c13-10-4-3-9(6-8(10)7-14)17-11-2-1-5-16-12(11)15/h1-6,17H,(H2,15,16). The van der Waals surface area contributed by atoms with Crippen LogP contribution in [0.4, 0.5) is 21.6 Å². The average Bonchev–Trinajstić information content (AvgIpc) is 2.34. The van der Waals surface area contributed by atoms with Gasteiger partial charge < -0.3 is 11.1 Å². The Hall–Kier alpha value is -2.61. The lowest BCUT2D eigenvalue weighted by molar-refractivity contribution is 0.624. The quantitative estimate of drug-likeness (QED) is 0.827. The largest absolute Gasteiger partial charge is 0.382 e. The first-order valence-electron chi connectivity index (χ1n) is 4.88. The minimum Gasteiger partial charge on any atom is -0.382 e. The van der Waals surface area contributed by atoms with E-state index in [9.17, 15) is 4.39 Å². The van der Waals surface area contributed by atoms with Gasteiger partial charge in [-0.05, 0) is 30.3 Å². The van der Waals surface area contributed by atoms with E-state index in [1.54, 1.807) is 24.4 Å². The van der Waals surface area contributed by atoms with E-state index < -0.39 is 5.82 Å². The summed E-state index contributed by atoms with van der Waals surface area (Å²) < 4.78 is 13.1. The molecular formula is C12H9FN4. The van der Waals surface area contributed by atoms with Crippen LogP contribution in [0.5, 0.6) is 0 Å². The molecule has 0 fully saturated rings. The zero-order valence-electron chi connectivity index (χ0n) is 8.81. The van der Waals surface area contributed by atoms with Gasteiger partial charge in [-0.25, -0.2) is 9.37 Å². The average molecular weight is 228 g/mol. The van der Waals surface area contributed by atoms with Gasteiger partial charge in [0.25, 0.3) is 0 Å². The van der Waals surface area contributed by atoms with Crippen molar-refractivity contribution in [2.75, 3.05) is 11.1 Å². The molecule has 0 saturated heterocycles. The molecule has 0 radical (unpaired) electrons. The zero-order valence-corrected chi connectivity index (χ0v) is 8.81. The molecule has 1 heterocycles. The molecule has 5 heteroatoms. The number of nitrogens with one attached hydrogen (secondary N) is 1. The first-order chi connectivity index (χ1) is 8.20. The number of nitrogens with zero attached hydrogens (tertiary/aromatic N) is 2. The van der Waals surface area contributed by atoms with Gasteiger partial charge >= 0.3 is 0 Å². The molecule has 3 N–H and O–H groups in total. The van der Waals surface area contributed by atoms with Gasteiger partial charge in [-0.2, -0.15) is 5.26 Å². The monoisotopic (exact) mass is 228 g/mol. The summed E-state index contributed by atoms with van der Waals surface area (Å²) in [5.41, 5.74) is 6.84. The molecule has 1 aromatic heterocycles. The first-order valence-corrected chi connectivity index (χ1v) is 4.88. The molecule has 0 unspecified atom stereocenters. The lowest BCUT2D eigenvalue weighted by atomic mass is 10.2. The number of nitrogen functional groups attached to an aromatic ring is 1. The number of nitriles is 1. The molecule has 2 aromatic rings. The SMILES string of the molecule is N#Cc1cc(Nc2cccnc2N)ccc1F. The number of benzene rings is 1. The molecule has 17 heavy (non-hydrogen) atoms. The van der Waals surface area contributed by atoms with Gasteiger partial charge in [0.2, 0.25) is 0 Å². The highest BCUT2D eigenvalue weighted by Gasteiger charge is 2.04. The normalized spacial score (nSPS) is 9.65. The maximum atomic E-state index is 13.1. The number of rotatable bonds is 2. The van der Waals surface area contributed by atoms with Crippen LogP contribution in [0.1, 0.15) is 5.56 Å². The van der Waals surface area contributed by atoms with Gasteiger partial charge in [0.15, 0.2) is 0 Å². The molecule has 4 nitrogen and oxygen atoms in total. The van der Waals surface area contributed by atoms with Crippen LogP contribution < -0.4 is 11.1 Å². The van der Waals surface area contributed by atoms with E-state index in [1.807, 2.05) is 0 Å². The van der Waals surface area contributed by atoms with Gasteiger partial charge in [0, 0.05) is 11.9 Å². The summed E-state index contributed by atoms with van der Waals surface area (Å²) in [6, 6.07) is 9.43. The van der Waals surface area contributed by atoms with Crippen molar-refractivity contribution in [3.8, 4) is 6.07 Å². The highest BCUT2D eigenvalue weighted by Crippen LogP contribution is 2.22. The predicted octanol–water partition coefficient (Wildman–Crippen LogP) is 2.42. The second kappa shape index (κ2) is 4.49. The maximum Gasteiger partial charge on any atom is 0.147 e. The van der Waals surface area contributed by atoms with Crippen molar-refractivity contribution >= 4 is 17.2 Å². The number of pyridine rings is 1. The summed E-state index contributed by atoms with van der Waals surface area (Å²) >= 11 is 0.